The van der Waals surface area contributed by atoms with Crippen molar-refractivity contribution in [2.75, 3.05) is 0 Å². The summed E-state index contributed by atoms with van der Waals surface area (Å²) >= 11 is 12.5. The number of hydrogen-bond donors (Lipinski definition) is 0. The lowest BCUT2D eigenvalue weighted by Gasteiger charge is -2.20. The third kappa shape index (κ3) is 1.55. The zero-order valence-electron chi connectivity index (χ0n) is 10.6. The van der Waals surface area contributed by atoms with Crippen LogP contribution < -0.4 is 0 Å². The van der Waals surface area contributed by atoms with Gasteiger partial charge in [-0.15, -0.1) is 0 Å². The Kier molecular flexibility index (Phi) is 2.88. The zero-order valence-corrected chi connectivity index (χ0v) is 12.1. The molecule has 0 spiro atoms. The van der Waals surface area contributed by atoms with Crippen LogP contribution in [0.5, 0.6) is 0 Å². The number of hydrogen-bond acceptors (Lipinski definition) is 4. The van der Waals surface area contributed by atoms with Gasteiger partial charge in [-0.2, -0.15) is 0 Å². The van der Waals surface area contributed by atoms with Gasteiger partial charge in [0.25, 0.3) is 0 Å². The minimum Gasteiger partial charge on any atom is -0.287 e. The fraction of sp³-hybridized carbons (Fsp3) is 0.143. The Morgan fingerprint density at radius 2 is 1.15 bits per heavy atom. The number of ketones is 2. The summed E-state index contributed by atoms with van der Waals surface area (Å²) in [5.74, 6) is -0.838. The van der Waals surface area contributed by atoms with E-state index in [0.29, 0.717) is 11.1 Å². The SMILES string of the molecule is Cc1c(C)c(Cl)c2c(c1Cl)C(=O)c1nccnc1C2=O. The van der Waals surface area contributed by atoms with Crippen molar-refractivity contribution >= 4 is 34.8 Å². The van der Waals surface area contributed by atoms with Gasteiger partial charge in [-0.3, -0.25) is 9.59 Å². The van der Waals surface area contributed by atoms with Crippen LogP contribution in [0, 0.1) is 13.8 Å². The molecule has 1 aliphatic rings. The van der Waals surface area contributed by atoms with Crippen LogP contribution in [-0.4, -0.2) is 21.5 Å². The largest absolute Gasteiger partial charge is 0.287 e. The van der Waals surface area contributed by atoms with E-state index in [1.54, 1.807) is 13.8 Å². The molecule has 1 heterocycles. The van der Waals surface area contributed by atoms with Gasteiger partial charge in [0.15, 0.2) is 0 Å². The molecule has 0 radical (unpaired) electrons. The number of aromatic nitrogens is 2. The molecule has 6 heteroatoms. The van der Waals surface area contributed by atoms with Gasteiger partial charge in [0.2, 0.25) is 11.6 Å². The molecule has 0 unspecified atom stereocenters. The minimum atomic E-state index is -0.419. The smallest absolute Gasteiger partial charge is 0.216 e. The van der Waals surface area contributed by atoms with Gasteiger partial charge in [0, 0.05) is 12.4 Å². The highest BCUT2D eigenvalue weighted by Crippen LogP contribution is 2.39. The minimum absolute atomic E-state index is 0.0196. The number of benzene rings is 1. The van der Waals surface area contributed by atoms with E-state index >= 15 is 0 Å². The zero-order chi connectivity index (χ0) is 14.6. The molecule has 2 aromatic rings. The van der Waals surface area contributed by atoms with Crippen molar-refractivity contribution in [1.82, 2.24) is 9.97 Å². The van der Waals surface area contributed by atoms with Crippen molar-refractivity contribution in [3.63, 3.8) is 0 Å². The predicted molar refractivity (Wildman–Crippen MR) is 74.8 cm³/mol. The van der Waals surface area contributed by atoms with Crippen LogP contribution >= 0.6 is 23.2 Å². The molecule has 3 rings (SSSR count). The van der Waals surface area contributed by atoms with Gasteiger partial charge in [-0.05, 0) is 25.0 Å². The lowest BCUT2D eigenvalue weighted by atomic mass is 9.86. The fourth-order valence-corrected chi connectivity index (χ4v) is 2.90. The summed E-state index contributed by atoms with van der Waals surface area (Å²) in [5, 5.41) is 0.494. The maximum absolute atomic E-state index is 12.5. The van der Waals surface area contributed by atoms with E-state index in [1.807, 2.05) is 0 Å². The molecular weight excluding hydrogens is 299 g/mol. The molecule has 0 saturated heterocycles. The van der Waals surface area contributed by atoms with Crippen molar-refractivity contribution in [3.8, 4) is 0 Å². The molecular formula is C14H8Cl2N2O2. The van der Waals surface area contributed by atoms with E-state index in [2.05, 4.69) is 9.97 Å². The van der Waals surface area contributed by atoms with E-state index in [4.69, 9.17) is 23.2 Å². The summed E-state index contributed by atoms with van der Waals surface area (Å²) in [7, 11) is 0. The van der Waals surface area contributed by atoms with Crippen molar-refractivity contribution in [1.29, 1.82) is 0 Å². The van der Waals surface area contributed by atoms with Gasteiger partial charge >= 0.3 is 0 Å². The molecule has 4 nitrogen and oxygen atoms in total. The average Bonchev–Trinajstić information content (AvgIpc) is 2.46. The van der Waals surface area contributed by atoms with E-state index in [-0.39, 0.29) is 32.6 Å². The van der Waals surface area contributed by atoms with E-state index < -0.39 is 11.6 Å². The predicted octanol–water partition coefficient (Wildman–Crippen LogP) is 3.18. The first kappa shape index (κ1) is 13.2. The molecule has 0 saturated carbocycles. The van der Waals surface area contributed by atoms with Gasteiger partial charge in [0.1, 0.15) is 11.4 Å². The maximum Gasteiger partial charge on any atom is 0.216 e. The number of nitrogens with zero attached hydrogens (tertiary/aromatic N) is 2. The van der Waals surface area contributed by atoms with Crippen LogP contribution in [0.4, 0.5) is 0 Å². The molecule has 0 fully saturated rings. The summed E-state index contributed by atoms with van der Waals surface area (Å²) in [6.45, 7) is 3.52. The van der Waals surface area contributed by atoms with Gasteiger partial charge in [-0.25, -0.2) is 9.97 Å². The molecule has 20 heavy (non-hydrogen) atoms. The Bertz CT molecular complexity index is 734. The second-order valence-electron chi connectivity index (χ2n) is 4.54. The van der Waals surface area contributed by atoms with Gasteiger partial charge in [-0.1, -0.05) is 23.2 Å². The summed E-state index contributed by atoms with van der Waals surface area (Å²) in [6.07, 6.45) is 2.73. The second-order valence-corrected chi connectivity index (χ2v) is 5.30. The number of rotatable bonds is 0. The molecule has 100 valence electrons. The summed E-state index contributed by atoms with van der Waals surface area (Å²) in [6, 6.07) is 0. The Morgan fingerprint density at radius 3 is 1.50 bits per heavy atom. The van der Waals surface area contributed by atoms with Gasteiger partial charge < -0.3 is 0 Å². The normalized spacial score (nSPS) is 13.2. The topological polar surface area (TPSA) is 59.9 Å². The van der Waals surface area contributed by atoms with E-state index in [9.17, 15) is 9.59 Å². The maximum atomic E-state index is 12.5. The number of carbonyl (C=O) groups excluding carboxylic acids is 2. The molecule has 0 N–H and O–H groups in total. The van der Waals surface area contributed by atoms with E-state index in [1.165, 1.54) is 12.4 Å². The van der Waals surface area contributed by atoms with Crippen LogP contribution in [-0.2, 0) is 0 Å². The molecule has 1 aromatic heterocycles. The first-order valence-corrected chi connectivity index (χ1v) is 6.59. The molecule has 1 aliphatic carbocycles. The van der Waals surface area contributed by atoms with Crippen LogP contribution in [0.25, 0.3) is 0 Å². The second kappa shape index (κ2) is 4.36. The standard InChI is InChI=1S/C14H8Cl2N2O2/c1-5-6(2)10(16)8-7(9(5)15)13(19)11-12(14(8)20)18-4-3-17-11/h3-4H,1-2H3. The van der Waals surface area contributed by atoms with Crippen molar-refractivity contribution in [3.05, 3.63) is 56.1 Å². The monoisotopic (exact) mass is 306 g/mol. The summed E-state index contributed by atoms with van der Waals surface area (Å²) < 4.78 is 0. The third-order valence-corrected chi connectivity index (χ3v) is 4.44. The van der Waals surface area contributed by atoms with Crippen LogP contribution in [0.1, 0.15) is 43.2 Å². The Morgan fingerprint density at radius 1 is 0.800 bits per heavy atom. The van der Waals surface area contributed by atoms with Gasteiger partial charge in [0.05, 0.1) is 21.2 Å². The first-order valence-electron chi connectivity index (χ1n) is 5.83. The summed E-state index contributed by atoms with van der Waals surface area (Å²) in [4.78, 5) is 32.9. The quantitative estimate of drug-likeness (QED) is 0.640. The Labute approximate surface area is 124 Å². The third-order valence-electron chi connectivity index (χ3n) is 3.49. The highest BCUT2D eigenvalue weighted by atomic mass is 35.5. The molecule has 1 aromatic carbocycles. The fourth-order valence-electron chi connectivity index (χ4n) is 2.26. The van der Waals surface area contributed by atoms with E-state index in [0.717, 1.165) is 0 Å². The number of halogens is 2. The Hall–Kier alpha value is -1.78. The van der Waals surface area contributed by atoms with Crippen LogP contribution in [0.15, 0.2) is 12.4 Å². The summed E-state index contributed by atoms with van der Waals surface area (Å²) in [5.41, 5.74) is 1.65. The number of fused-ring (bicyclic) bond motifs is 2. The first-order chi connectivity index (χ1) is 9.45. The van der Waals surface area contributed by atoms with Crippen LogP contribution in [0.3, 0.4) is 0 Å². The van der Waals surface area contributed by atoms with Crippen molar-refractivity contribution in [2.45, 2.75) is 13.8 Å². The Balaban J connectivity index is 2.46. The van der Waals surface area contributed by atoms with Crippen LogP contribution in [0.2, 0.25) is 10.0 Å². The number of carbonyl (C=O) groups is 2. The molecule has 0 bridgehead atoms. The molecule has 0 amide bonds. The lowest BCUT2D eigenvalue weighted by Crippen LogP contribution is -2.25. The average molecular weight is 307 g/mol. The molecule has 0 aliphatic heterocycles. The van der Waals surface area contributed by atoms with Crippen molar-refractivity contribution < 1.29 is 9.59 Å². The highest BCUT2D eigenvalue weighted by Gasteiger charge is 2.37. The lowest BCUT2D eigenvalue weighted by molar-refractivity contribution is 0.0971. The van der Waals surface area contributed by atoms with Crippen molar-refractivity contribution in [2.24, 2.45) is 0 Å². The molecule has 0 atom stereocenters. The highest BCUT2D eigenvalue weighted by molar-refractivity contribution is 6.43.